The highest BCUT2D eigenvalue weighted by Gasteiger charge is 2.19. The van der Waals surface area contributed by atoms with E-state index in [1.165, 1.54) is 13.2 Å². The largest absolute Gasteiger partial charge is 0.465 e. The maximum absolute atomic E-state index is 14.2. The van der Waals surface area contributed by atoms with Crippen molar-refractivity contribution in [3.05, 3.63) is 78.1 Å². The lowest BCUT2D eigenvalue weighted by Gasteiger charge is -2.07. The van der Waals surface area contributed by atoms with Crippen LogP contribution in [0.3, 0.4) is 0 Å². The van der Waals surface area contributed by atoms with Crippen molar-refractivity contribution in [2.24, 2.45) is 0 Å². The van der Waals surface area contributed by atoms with E-state index in [0.29, 0.717) is 5.65 Å². The van der Waals surface area contributed by atoms with Gasteiger partial charge in [-0.25, -0.2) is 18.7 Å². The second-order valence-electron chi connectivity index (χ2n) is 5.64. The molecular weight excluding hydrogens is 333 g/mol. The number of carbonyl (C=O) groups is 1. The Morgan fingerprint density at radius 2 is 1.73 bits per heavy atom. The van der Waals surface area contributed by atoms with Crippen LogP contribution in [0.5, 0.6) is 0 Å². The Morgan fingerprint density at radius 3 is 2.46 bits per heavy atom. The van der Waals surface area contributed by atoms with Crippen molar-refractivity contribution in [3.63, 3.8) is 0 Å². The summed E-state index contributed by atoms with van der Waals surface area (Å²) in [5.41, 5.74) is 2.49. The van der Waals surface area contributed by atoms with Crippen LogP contribution in [-0.2, 0) is 4.74 Å². The molecule has 0 saturated heterocycles. The standard InChI is InChI=1S/C20H14FN3O2/c1-26-20(25)15-11-12-17(13-7-3-2-4-8-13)24-19(15)22-18(23-24)14-9-5-6-10-16(14)21/h2-12H,1H3. The van der Waals surface area contributed by atoms with Gasteiger partial charge < -0.3 is 4.74 Å². The molecule has 0 saturated carbocycles. The number of nitrogens with zero attached hydrogens (tertiary/aromatic N) is 3. The van der Waals surface area contributed by atoms with E-state index in [4.69, 9.17) is 4.74 Å². The van der Waals surface area contributed by atoms with Gasteiger partial charge in [-0.3, -0.25) is 0 Å². The zero-order chi connectivity index (χ0) is 18.1. The number of aromatic nitrogens is 3. The molecule has 0 aliphatic heterocycles. The van der Waals surface area contributed by atoms with Crippen molar-refractivity contribution in [1.29, 1.82) is 0 Å². The Hall–Kier alpha value is -3.54. The molecule has 0 bridgehead atoms. The Bertz CT molecular complexity index is 1110. The molecular formula is C20H14FN3O2. The molecule has 0 spiro atoms. The van der Waals surface area contributed by atoms with Crippen molar-refractivity contribution in [1.82, 2.24) is 14.6 Å². The molecule has 0 atom stereocenters. The molecule has 5 nitrogen and oxygen atoms in total. The number of pyridine rings is 1. The third-order valence-corrected chi connectivity index (χ3v) is 4.07. The van der Waals surface area contributed by atoms with Crippen LogP contribution in [-0.4, -0.2) is 27.7 Å². The van der Waals surface area contributed by atoms with Crippen LogP contribution in [0.25, 0.3) is 28.3 Å². The van der Waals surface area contributed by atoms with Crippen molar-refractivity contribution in [3.8, 4) is 22.6 Å². The zero-order valence-electron chi connectivity index (χ0n) is 13.9. The SMILES string of the molecule is COC(=O)c1ccc(-c2ccccc2)n2nc(-c3ccccc3F)nc12. The number of hydrogen-bond acceptors (Lipinski definition) is 4. The highest BCUT2D eigenvalue weighted by molar-refractivity contribution is 5.96. The first-order valence-corrected chi connectivity index (χ1v) is 7.97. The number of hydrogen-bond donors (Lipinski definition) is 0. The van der Waals surface area contributed by atoms with E-state index in [9.17, 15) is 9.18 Å². The topological polar surface area (TPSA) is 56.5 Å². The number of rotatable bonds is 3. The van der Waals surface area contributed by atoms with Gasteiger partial charge in [-0.15, -0.1) is 5.10 Å². The van der Waals surface area contributed by atoms with E-state index in [-0.39, 0.29) is 17.0 Å². The van der Waals surface area contributed by atoms with E-state index in [0.717, 1.165) is 11.3 Å². The fraction of sp³-hybridized carbons (Fsp3) is 0.0500. The number of benzene rings is 2. The summed E-state index contributed by atoms with van der Waals surface area (Å²) in [5.74, 6) is -0.747. The molecule has 0 N–H and O–H groups in total. The van der Waals surface area contributed by atoms with Crippen LogP contribution in [0, 0.1) is 5.82 Å². The number of carbonyl (C=O) groups excluding carboxylic acids is 1. The molecule has 0 aliphatic rings. The molecule has 26 heavy (non-hydrogen) atoms. The summed E-state index contributed by atoms with van der Waals surface area (Å²) in [5, 5.41) is 4.46. The average molecular weight is 347 g/mol. The summed E-state index contributed by atoms with van der Waals surface area (Å²) in [6.07, 6.45) is 0. The molecule has 128 valence electrons. The van der Waals surface area contributed by atoms with Crippen LogP contribution in [0.4, 0.5) is 4.39 Å². The highest BCUT2D eigenvalue weighted by Crippen LogP contribution is 2.26. The van der Waals surface area contributed by atoms with E-state index in [1.807, 2.05) is 30.3 Å². The minimum absolute atomic E-state index is 0.205. The molecule has 0 amide bonds. The fourth-order valence-electron chi connectivity index (χ4n) is 2.82. The summed E-state index contributed by atoms with van der Waals surface area (Å²) < 4.78 is 20.6. The van der Waals surface area contributed by atoms with Crippen molar-refractivity contribution < 1.29 is 13.9 Å². The van der Waals surface area contributed by atoms with Gasteiger partial charge in [0.25, 0.3) is 0 Å². The fourth-order valence-corrected chi connectivity index (χ4v) is 2.82. The average Bonchev–Trinajstić information content (AvgIpc) is 3.12. The molecule has 2 aromatic carbocycles. The van der Waals surface area contributed by atoms with Gasteiger partial charge in [-0.1, -0.05) is 42.5 Å². The quantitative estimate of drug-likeness (QED) is 0.526. The van der Waals surface area contributed by atoms with Gasteiger partial charge in [0, 0.05) is 5.56 Å². The maximum Gasteiger partial charge on any atom is 0.341 e. The van der Waals surface area contributed by atoms with E-state index < -0.39 is 11.8 Å². The van der Waals surface area contributed by atoms with Gasteiger partial charge in [-0.05, 0) is 24.3 Å². The van der Waals surface area contributed by atoms with E-state index in [2.05, 4.69) is 10.1 Å². The second kappa shape index (κ2) is 6.40. The Kier molecular flexibility index (Phi) is 3.93. The van der Waals surface area contributed by atoms with Crippen LogP contribution < -0.4 is 0 Å². The summed E-state index contributed by atoms with van der Waals surface area (Å²) in [4.78, 5) is 16.5. The van der Waals surface area contributed by atoms with Crippen molar-refractivity contribution in [2.45, 2.75) is 0 Å². The van der Waals surface area contributed by atoms with Gasteiger partial charge in [0.05, 0.1) is 18.4 Å². The predicted octanol–water partition coefficient (Wildman–Crippen LogP) is 3.99. The summed E-state index contributed by atoms with van der Waals surface area (Å²) >= 11 is 0. The first kappa shape index (κ1) is 16.0. The van der Waals surface area contributed by atoms with Gasteiger partial charge in [0.2, 0.25) is 0 Å². The molecule has 6 heteroatoms. The molecule has 2 aromatic heterocycles. The van der Waals surface area contributed by atoms with Crippen LogP contribution in [0.15, 0.2) is 66.7 Å². The lowest BCUT2D eigenvalue weighted by Crippen LogP contribution is -2.06. The first-order chi connectivity index (χ1) is 12.7. The van der Waals surface area contributed by atoms with Gasteiger partial charge in [0.1, 0.15) is 11.4 Å². The van der Waals surface area contributed by atoms with E-state index >= 15 is 0 Å². The van der Waals surface area contributed by atoms with Crippen molar-refractivity contribution in [2.75, 3.05) is 7.11 Å². The minimum Gasteiger partial charge on any atom is -0.465 e. The molecule has 0 aliphatic carbocycles. The van der Waals surface area contributed by atoms with Crippen LogP contribution in [0.1, 0.15) is 10.4 Å². The number of methoxy groups -OCH3 is 1. The number of esters is 1. The molecule has 0 fully saturated rings. The zero-order valence-corrected chi connectivity index (χ0v) is 13.9. The molecule has 2 heterocycles. The third-order valence-electron chi connectivity index (χ3n) is 4.07. The predicted molar refractivity (Wildman–Crippen MR) is 95.2 cm³/mol. The minimum atomic E-state index is -0.526. The molecule has 0 radical (unpaired) electrons. The Labute approximate surface area is 148 Å². The molecule has 4 rings (SSSR count). The summed E-state index contributed by atoms with van der Waals surface area (Å²) in [6, 6.07) is 19.3. The maximum atomic E-state index is 14.2. The number of fused-ring (bicyclic) bond motifs is 1. The van der Waals surface area contributed by atoms with E-state index in [1.54, 1.807) is 34.8 Å². The van der Waals surface area contributed by atoms with Crippen molar-refractivity contribution >= 4 is 11.6 Å². The monoisotopic (exact) mass is 347 g/mol. The molecule has 4 aromatic rings. The van der Waals surface area contributed by atoms with Gasteiger partial charge in [0.15, 0.2) is 11.5 Å². The number of ether oxygens (including phenoxy) is 1. The smallest absolute Gasteiger partial charge is 0.341 e. The van der Waals surface area contributed by atoms with Gasteiger partial charge in [-0.2, -0.15) is 0 Å². The number of halogens is 1. The van der Waals surface area contributed by atoms with Crippen LogP contribution in [0.2, 0.25) is 0 Å². The second-order valence-corrected chi connectivity index (χ2v) is 5.64. The lowest BCUT2D eigenvalue weighted by atomic mass is 10.1. The summed E-state index contributed by atoms with van der Waals surface area (Å²) in [7, 11) is 1.30. The third kappa shape index (κ3) is 2.61. The normalized spacial score (nSPS) is 10.8. The first-order valence-electron chi connectivity index (χ1n) is 7.97. The van der Waals surface area contributed by atoms with Gasteiger partial charge >= 0.3 is 5.97 Å². The Balaban J connectivity index is 2.01. The lowest BCUT2D eigenvalue weighted by molar-refractivity contribution is 0.0602. The Morgan fingerprint density at radius 1 is 1.00 bits per heavy atom. The molecule has 0 unspecified atom stereocenters. The van der Waals surface area contributed by atoms with Crippen LogP contribution >= 0.6 is 0 Å². The highest BCUT2D eigenvalue weighted by atomic mass is 19.1. The summed E-state index contributed by atoms with van der Waals surface area (Å²) in [6.45, 7) is 0.